The highest BCUT2D eigenvalue weighted by Gasteiger charge is 2.46. The number of fused-ring (bicyclic) bond motifs is 1. The molecule has 3 aliphatic rings. The number of nitrogens with one attached hydrogen (secondary N) is 16. The summed E-state index contributed by atoms with van der Waals surface area (Å²) in [6.07, 6.45) is -1.82. The molecule has 45 nitrogen and oxygen atoms in total. The van der Waals surface area contributed by atoms with Gasteiger partial charge in [-0.25, -0.2) is 4.79 Å². The average molecular weight is 1770 g/mol. The minimum Gasteiger partial charge on any atom is -0.481 e. The van der Waals surface area contributed by atoms with Crippen molar-refractivity contribution in [3.63, 3.8) is 0 Å². The molecule has 3 aliphatic heterocycles. The average Bonchev–Trinajstić information content (AvgIpc) is 1.77. The van der Waals surface area contributed by atoms with Crippen LogP contribution in [-0.4, -0.2) is 273 Å². The van der Waals surface area contributed by atoms with Crippen molar-refractivity contribution in [2.45, 2.75) is 299 Å². The number of allylic oxidation sites excluding steroid dienone is 2. The van der Waals surface area contributed by atoms with Gasteiger partial charge in [-0.2, -0.15) is 11.8 Å². The zero-order valence-corrected chi connectivity index (χ0v) is 72.4. The molecule has 0 aromatic rings. The number of carboxylic acid groups (broad SMARTS) is 1. The zero-order valence-electron chi connectivity index (χ0n) is 71.6. The lowest BCUT2D eigenvalue weighted by atomic mass is 9.90. The molecule has 3 heterocycles. The maximum Gasteiger partial charge on any atom is 0.315 e. The predicted octanol–water partition coefficient (Wildman–Crippen LogP) is -7.31. The Bertz CT molecular complexity index is 3780. The van der Waals surface area contributed by atoms with E-state index >= 15 is 0 Å². The number of urea groups is 1. The summed E-state index contributed by atoms with van der Waals surface area (Å²) >= 11 is 1.79. The Morgan fingerprint density at radius 1 is 0.569 bits per heavy atom. The summed E-state index contributed by atoms with van der Waals surface area (Å²) in [6.45, 7) is 15.3. The van der Waals surface area contributed by atoms with E-state index in [-0.39, 0.29) is 113 Å². The van der Waals surface area contributed by atoms with Gasteiger partial charge in [0.2, 0.25) is 106 Å². The fourth-order valence-corrected chi connectivity index (χ4v) is 14.8. The number of ether oxygens (including phenoxy) is 1. The van der Waals surface area contributed by atoms with Crippen LogP contribution in [0.4, 0.5) is 4.79 Å². The summed E-state index contributed by atoms with van der Waals surface area (Å²) in [5.41, 5.74) is 23.3. The van der Waals surface area contributed by atoms with Gasteiger partial charge < -0.3 is 134 Å². The van der Waals surface area contributed by atoms with E-state index in [9.17, 15) is 111 Å². The summed E-state index contributed by atoms with van der Waals surface area (Å²) in [7, 11) is 0. The largest absolute Gasteiger partial charge is 0.481 e. The standard InChI is InChI=1S/C77H129N21O24S/c1-12-38(5)58(92-62(108)40(7)85-65(111)45(33-52(80)103)87-64(110)43(24-25-50(78)101)86-68(114)56(82)41(8)99)70(116)90-47(35-55(106)107)67(113)98-77(11)27-21-17-15-14-16-20-26-76(10,97-66(112)46(34-53(81)104)89-72(118)60(42(9)100)93-71(117)59(39(6)13-2)95-74(77)120)73(119)94-57(37(3)4)69(115)88-44(32-51(79)102)63(109)84-29-31-122-30-28-83-54(105)23-19-18-22-49-61-48(36-123-49)91-75(121)96-61/h14-15,37-49,56-61,99-100H,12-13,16-36,82H2,1-11H3,(H2,78,101)(H2,79,102)(H2,80,103)(H2,81,104)(H,83,105)(H,84,109)(H,85,111)(H,86,114)(H,87,110)(H,88,115)(H,89,118)(H,90,116)(H,92,108)(H,93,117)(H,94,119)(H,95,120)(H,97,112)(H,98,113)(H,106,107)(H2,91,96,121)/b15-14-/t38-,39-,40-,41+,42+,43-,44-,45-,46-,47-,48-,49-,56-,57-,58-,59-,60-,61-,76-,77-/m0/s1. The van der Waals surface area contributed by atoms with Gasteiger partial charge in [-0.3, -0.25) is 91.1 Å². The summed E-state index contributed by atoms with van der Waals surface area (Å²) < 4.78 is 5.57. The van der Waals surface area contributed by atoms with Crippen molar-refractivity contribution >= 4 is 130 Å². The Labute approximate surface area is 717 Å². The summed E-state index contributed by atoms with van der Waals surface area (Å²) in [5.74, 6) is -22.1. The van der Waals surface area contributed by atoms with Crippen LogP contribution in [0, 0.1) is 17.8 Å². The van der Waals surface area contributed by atoms with E-state index in [4.69, 9.17) is 33.4 Å². The van der Waals surface area contributed by atoms with E-state index < -0.39 is 252 Å². The van der Waals surface area contributed by atoms with Crippen molar-refractivity contribution < 1.29 is 116 Å². The van der Waals surface area contributed by atoms with E-state index in [1.807, 2.05) is 0 Å². The predicted molar refractivity (Wildman–Crippen MR) is 443 cm³/mol. The van der Waals surface area contributed by atoms with Crippen molar-refractivity contribution in [3.8, 4) is 0 Å². The number of carboxylic acids is 1. The van der Waals surface area contributed by atoms with Gasteiger partial charge in [0.15, 0.2) is 0 Å². The molecule has 0 saturated carbocycles. The SMILES string of the molecule is CC[C@H](C)[C@H](NC(=O)[C@H](C)NC(=O)[C@H](CC(N)=O)NC(=O)[C@H](CCC(N)=O)NC(=O)[C@@H](N)[C@@H](C)O)C(=O)N[C@@H](CC(=O)O)C(=O)N[C@@]1(C)CCC/C=C\CCC[C@@](C)(C(=O)N[C@H](C(=O)N[C@@H](CC(N)=O)C(=O)NCCOCCNC(=O)CCCC[C@@H]2SC[C@@H]3NC(=O)N[C@@H]32)C(C)C)NC(=O)[C@H](CC(N)=O)NC(=O)[C@H]([C@@H](C)O)NC(=O)[C@H]([C@@H](C)CC)NC1=O. The smallest absolute Gasteiger partial charge is 0.315 e. The quantitative estimate of drug-likeness (QED) is 0.0153. The number of aliphatic hydroxyl groups is 2. The minimum atomic E-state index is -2.13. The van der Waals surface area contributed by atoms with E-state index in [1.165, 1.54) is 48.5 Å². The minimum absolute atomic E-state index is 0.0319. The summed E-state index contributed by atoms with van der Waals surface area (Å²) in [4.78, 5) is 270. The molecule has 20 amide bonds. The Hall–Kier alpha value is -10.9. The van der Waals surface area contributed by atoms with Gasteiger partial charge >= 0.3 is 12.0 Å². The fraction of sp³-hybridized carbons (Fsp3) is 0.714. The molecule has 0 aliphatic carbocycles. The Balaban J connectivity index is 1.92. The van der Waals surface area contributed by atoms with Crippen LogP contribution >= 0.6 is 11.8 Å². The van der Waals surface area contributed by atoms with Crippen LogP contribution in [0.3, 0.4) is 0 Å². The molecule has 0 aromatic carbocycles. The monoisotopic (exact) mass is 1760 g/mol. The molecule has 0 unspecified atom stereocenters. The molecule has 20 atom stereocenters. The van der Waals surface area contributed by atoms with E-state index in [0.717, 1.165) is 32.4 Å². The molecular formula is C77H129N21O24S. The number of hydrogen-bond donors (Lipinski definition) is 24. The molecule has 29 N–H and O–H groups in total. The lowest BCUT2D eigenvalue weighted by Gasteiger charge is -2.35. The van der Waals surface area contributed by atoms with Crippen LogP contribution in [0.25, 0.3) is 0 Å². The van der Waals surface area contributed by atoms with Gasteiger partial charge in [0, 0.05) is 36.9 Å². The molecule has 692 valence electrons. The molecule has 123 heavy (non-hydrogen) atoms. The number of carbonyl (C=O) groups is 20. The van der Waals surface area contributed by atoms with E-state index in [2.05, 4.69) is 85.1 Å². The molecule has 0 spiro atoms. The summed E-state index contributed by atoms with van der Waals surface area (Å²) in [6, 6.07) is -19.0. The van der Waals surface area contributed by atoms with Crippen LogP contribution in [-0.2, 0) is 95.8 Å². The second-order valence-electron chi connectivity index (χ2n) is 32.1. The third-order valence-electron chi connectivity index (χ3n) is 21.1. The van der Waals surface area contributed by atoms with Gasteiger partial charge in [0.1, 0.15) is 77.5 Å². The number of carbonyl (C=O) groups excluding carboxylic acids is 19. The van der Waals surface area contributed by atoms with Gasteiger partial charge in [0.25, 0.3) is 0 Å². The van der Waals surface area contributed by atoms with E-state index in [0.29, 0.717) is 6.42 Å². The number of amides is 20. The molecule has 3 rings (SSSR count). The van der Waals surface area contributed by atoms with Crippen LogP contribution in [0.15, 0.2) is 12.2 Å². The maximum atomic E-state index is 15.0. The first-order valence-electron chi connectivity index (χ1n) is 41.2. The number of primary amides is 4. The zero-order chi connectivity index (χ0) is 92.9. The van der Waals surface area contributed by atoms with Crippen LogP contribution in [0.2, 0.25) is 0 Å². The first-order chi connectivity index (χ1) is 57.6. The number of unbranched alkanes of at least 4 members (excludes halogenated alkanes) is 1. The number of rotatable bonds is 46. The van der Waals surface area contributed by atoms with Gasteiger partial charge in [-0.05, 0) is 110 Å². The highest BCUT2D eigenvalue weighted by Crippen LogP contribution is 2.33. The third kappa shape index (κ3) is 36.2. The Morgan fingerprint density at radius 3 is 1.69 bits per heavy atom. The van der Waals surface area contributed by atoms with E-state index in [1.54, 1.807) is 37.8 Å². The van der Waals surface area contributed by atoms with Crippen LogP contribution < -0.4 is 114 Å². The fourth-order valence-electron chi connectivity index (χ4n) is 13.2. The topological polar surface area (TPSA) is 734 Å². The second kappa shape index (κ2) is 51.9. The first-order valence-corrected chi connectivity index (χ1v) is 42.2. The second-order valence-corrected chi connectivity index (χ2v) is 33.3. The lowest BCUT2D eigenvalue weighted by molar-refractivity contribution is -0.143. The summed E-state index contributed by atoms with van der Waals surface area (Å²) in [5, 5.41) is 71.7. The number of nitrogens with two attached hydrogens (primary N) is 5. The number of hydrogen-bond acceptors (Lipinski definition) is 25. The molecule has 0 aromatic heterocycles. The molecule has 2 saturated heterocycles. The van der Waals surface area contributed by atoms with Gasteiger partial charge in [-0.1, -0.05) is 73.0 Å². The molecule has 46 heteroatoms. The molecular weight excluding hydrogens is 1640 g/mol. The first kappa shape index (κ1) is 106. The van der Waals surface area contributed by atoms with Crippen LogP contribution in [0.5, 0.6) is 0 Å². The number of aliphatic hydroxyl groups excluding tert-OH is 2. The van der Waals surface area contributed by atoms with Gasteiger partial charge in [0.05, 0.1) is 63.2 Å². The highest BCUT2D eigenvalue weighted by molar-refractivity contribution is 8.00. The lowest BCUT2D eigenvalue weighted by Crippen LogP contribution is -2.66. The number of aliphatic carboxylic acids is 1. The molecule has 2 fully saturated rings. The van der Waals surface area contributed by atoms with Crippen LogP contribution in [0.1, 0.15) is 192 Å². The Kier molecular flexibility index (Phi) is 44.9. The molecule has 0 radical (unpaired) electrons. The van der Waals surface area contributed by atoms with Crippen molar-refractivity contribution in [1.29, 1.82) is 0 Å². The van der Waals surface area contributed by atoms with Crippen molar-refractivity contribution in [3.05, 3.63) is 12.2 Å². The number of thioether (sulfide) groups is 1. The maximum absolute atomic E-state index is 15.0. The van der Waals surface area contributed by atoms with Crippen molar-refractivity contribution in [2.24, 2.45) is 46.4 Å². The highest BCUT2D eigenvalue weighted by atomic mass is 32.2. The third-order valence-corrected chi connectivity index (χ3v) is 22.7. The van der Waals surface area contributed by atoms with Crippen molar-refractivity contribution in [1.82, 2.24) is 85.1 Å². The van der Waals surface area contributed by atoms with Gasteiger partial charge in [-0.15, -0.1) is 0 Å². The Morgan fingerprint density at radius 2 is 1.13 bits per heavy atom. The van der Waals surface area contributed by atoms with Crippen molar-refractivity contribution in [2.75, 3.05) is 32.1 Å². The molecule has 0 bridgehead atoms. The normalized spacial score (nSPS) is 23.5.